The van der Waals surface area contributed by atoms with Crippen LogP contribution in [0, 0.1) is 0 Å². The van der Waals surface area contributed by atoms with Gasteiger partial charge >= 0.3 is 5.76 Å². The smallest absolute Gasteiger partial charge is 0.438 e. The second kappa shape index (κ2) is 3.52. The summed E-state index contributed by atoms with van der Waals surface area (Å²) in [5.74, 6) is 0.999. The average molecular weight is 218 g/mol. The number of H-pyrrole nitrogens is 1. The first-order valence-corrected chi connectivity index (χ1v) is 5.09. The fourth-order valence-electron chi connectivity index (χ4n) is 1.92. The molecule has 0 aliphatic carbocycles. The Morgan fingerprint density at radius 3 is 3.06 bits per heavy atom. The lowest BCUT2D eigenvalue weighted by molar-refractivity contribution is 0.253. The molecule has 82 valence electrons. The van der Waals surface area contributed by atoms with E-state index in [4.69, 9.17) is 4.74 Å². The Morgan fingerprint density at radius 1 is 1.38 bits per heavy atom. The molecule has 1 N–H and O–H groups in total. The molecule has 0 fully saturated rings. The number of aromatic nitrogens is 2. The number of hydrogen-bond donors (Lipinski definition) is 1. The van der Waals surface area contributed by atoms with Crippen molar-refractivity contribution in [3.05, 3.63) is 46.2 Å². The number of nitrogens with one attached hydrogen (secondary N) is 1. The third-order valence-corrected chi connectivity index (χ3v) is 2.72. The predicted molar refractivity (Wildman–Crippen MR) is 55.5 cm³/mol. The monoisotopic (exact) mass is 218 g/mol. The molecule has 1 atom stereocenters. The first-order chi connectivity index (χ1) is 7.83. The van der Waals surface area contributed by atoms with E-state index in [1.165, 1.54) is 0 Å². The summed E-state index contributed by atoms with van der Waals surface area (Å²) in [6.45, 7) is 0.513. The second-order valence-electron chi connectivity index (χ2n) is 3.80. The third kappa shape index (κ3) is 1.50. The molecule has 3 rings (SSSR count). The van der Waals surface area contributed by atoms with E-state index in [0.717, 1.165) is 17.7 Å². The maximum absolute atomic E-state index is 10.9. The van der Waals surface area contributed by atoms with Crippen molar-refractivity contribution in [2.75, 3.05) is 6.61 Å². The molecular formula is C11H10N2O3. The molecule has 1 aromatic carbocycles. The molecule has 0 radical (unpaired) electrons. The molecule has 2 aromatic rings. The standard InChI is InChI=1S/C11H10N2O3/c14-11-12-10(13-16-11)8-5-7-3-1-2-4-9(7)15-6-8/h1-4,8H,5-6H2,(H,12,13,14). The predicted octanol–water partition coefficient (Wildman–Crippen LogP) is 1.08. The van der Waals surface area contributed by atoms with Gasteiger partial charge in [0.05, 0.1) is 12.5 Å². The topological polar surface area (TPSA) is 68.1 Å². The summed E-state index contributed by atoms with van der Waals surface area (Å²) >= 11 is 0. The van der Waals surface area contributed by atoms with E-state index in [9.17, 15) is 4.79 Å². The van der Waals surface area contributed by atoms with Crippen molar-refractivity contribution in [3.63, 3.8) is 0 Å². The minimum absolute atomic E-state index is 0.0568. The Balaban J connectivity index is 1.90. The lowest BCUT2D eigenvalue weighted by atomic mass is 9.96. The molecule has 0 spiro atoms. The van der Waals surface area contributed by atoms with Crippen LogP contribution in [0.15, 0.2) is 33.6 Å². The summed E-state index contributed by atoms with van der Waals surface area (Å²) in [6.07, 6.45) is 0.804. The molecule has 16 heavy (non-hydrogen) atoms. The summed E-state index contributed by atoms with van der Waals surface area (Å²) in [5.41, 5.74) is 1.13. The van der Waals surface area contributed by atoms with Crippen LogP contribution in [0.1, 0.15) is 17.3 Å². The zero-order valence-corrected chi connectivity index (χ0v) is 8.47. The first kappa shape index (κ1) is 9.21. The van der Waals surface area contributed by atoms with Gasteiger partial charge in [-0.3, -0.25) is 9.51 Å². The van der Waals surface area contributed by atoms with Gasteiger partial charge in [0.1, 0.15) is 5.75 Å². The van der Waals surface area contributed by atoms with Crippen LogP contribution in [0.2, 0.25) is 0 Å². The molecule has 1 unspecified atom stereocenters. The molecule has 1 aromatic heterocycles. The van der Waals surface area contributed by atoms with Crippen LogP contribution in [0.4, 0.5) is 0 Å². The summed E-state index contributed by atoms with van der Waals surface area (Å²) in [7, 11) is 0. The highest BCUT2D eigenvalue weighted by Gasteiger charge is 2.24. The average Bonchev–Trinajstić information content (AvgIpc) is 2.75. The van der Waals surface area contributed by atoms with Crippen LogP contribution in [0.5, 0.6) is 5.75 Å². The number of fused-ring (bicyclic) bond motifs is 1. The Bertz CT molecular complexity index is 558. The zero-order valence-electron chi connectivity index (χ0n) is 8.47. The van der Waals surface area contributed by atoms with Crippen molar-refractivity contribution in [3.8, 4) is 5.75 Å². The van der Waals surface area contributed by atoms with Gasteiger partial charge in [0.15, 0.2) is 5.82 Å². The van der Waals surface area contributed by atoms with Crippen molar-refractivity contribution >= 4 is 0 Å². The normalized spacial score (nSPS) is 18.9. The summed E-state index contributed by atoms with van der Waals surface area (Å²) in [5, 5.41) is 3.69. The van der Waals surface area contributed by atoms with Gasteiger partial charge in [0.25, 0.3) is 0 Å². The molecule has 0 amide bonds. The maximum Gasteiger partial charge on any atom is 0.438 e. The number of para-hydroxylation sites is 1. The van der Waals surface area contributed by atoms with Crippen LogP contribution in [0.3, 0.4) is 0 Å². The number of nitrogens with zero attached hydrogens (tertiary/aromatic N) is 1. The lowest BCUT2D eigenvalue weighted by Gasteiger charge is -2.22. The van der Waals surface area contributed by atoms with Crippen molar-refractivity contribution < 1.29 is 9.26 Å². The minimum Gasteiger partial charge on any atom is -0.493 e. The quantitative estimate of drug-likeness (QED) is 0.777. The highest BCUT2D eigenvalue weighted by molar-refractivity contribution is 5.36. The van der Waals surface area contributed by atoms with Crippen LogP contribution in [-0.2, 0) is 6.42 Å². The van der Waals surface area contributed by atoms with Gasteiger partial charge in [-0.15, -0.1) is 0 Å². The molecule has 1 aliphatic rings. The van der Waals surface area contributed by atoms with Crippen molar-refractivity contribution in [2.24, 2.45) is 0 Å². The summed E-state index contributed by atoms with van der Waals surface area (Å²) < 4.78 is 10.1. The van der Waals surface area contributed by atoms with Gasteiger partial charge in [-0.1, -0.05) is 23.4 Å². The molecule has 5 heteroatoms. The largest absolute Gasteiger partial charge is 0.493 e. The van der Waals surface area contributed by atoms with Gasteiger partial charge in [-0.05, 0) is 18.1 Å². The van der Waals surface area contributed by atoms with Crippen molar-refractivity contribution in [1.82, 2.24) is 10.1 Å². The molecule has 5 nitrogen and oxygen atoms in total. The van der Waals surface area contributed by atoms with E-state index in [2.05, 4.69) is 14.7 Å². The number of ether oxygens (including phenoxy) is 1. The number of benzene rings is 1. The van der Waals surface area contributed by atoms with Crippen LogP contribution >= 0.6 is 0 Å². The molecule has 0 bridgehead atoms. The first-order valence-electron chi connectivity index (χ1n) is 5.09. The maximum atomic E-state index is 10.9. The van der Waals surface area contributed by atoms with Gasteiger partial charge in [-0.25, -0.2) is 4.79 Å². The number of rotatable bonds is 1. The van der Waals surface area contributed by atoms with Crippen LogP contribution in [-0.4, -0.2) is 16.7 Å². The fraction of sp³-hybridized carbons (Fsp3) is 0.273. The SMILES string of the molecule is O=c1[nH]c(C2COc3ccccc3C2)no1. The van der Waals surface area contributed by atoms with Crippen molar-refractivity contribution in [1.29, 1.82) is 0 Å². The van der Waals surface area contributed by atoms with Gasteiger partial charge in [0, 0.05) is 0 Å². The van der Waals surface area contributed by atoms with Crippen LogP contribution < -0.4 is 10.5 Å². The fourth-order valence-corrected chi connectivity index (χ4v) is 1.92. The molecule has 1 aliphatic heterocycles. The van der Waals surface area contributed by atoms with E-state index in [1.54, 1.807) is 0 Å². The highest BCUT2D eigenvalue weighted by Crippen LogP contribution is 2.30. The zero-order chi connectivity index (χ0) is 11.0. The van der Waals surface area contributed by atoms with E-state index in [-0.39, 0.29) is 5.92 Å². The lowest BCUT2D eigenvalue weighted by Crippen LogP contribution is -2.20. The Kier molecular flexibility index (Phi) is 2.02. The van der Waals surface area contributed by atoms with Crippen molar-refractivity contribution in [2.45, 2.75) is 12.3 Å². The van der Waals surface area contributed by atoms with E-state index in [0.29, 0.717) is 12.4 Å². The van der Waals surface area contributed by atoms with Gasteiger partial charge in [0.2, 0.25) is 0 Å². The van der Waals surface area contributed by atoms with E-state index >= 15 is 0 Å². The molecule has 0 saturated heterocycles. The summed E-state index contributed by atoms with van der Waals surface area (Å²) in [4.78, 5) is 13.4. The molecular weight excluding hydrogens is 208 g/mol. The Labute approximate surface area is 91.0 Å². The van der Waals surface area contributed by atoms with Crippen LogP contribution in [0.25, 0.3) is 0 Å². The Morgan fingerprint density at radius 2 is 2.25 bits per heavy atom. The Hall–Kier alpha value is -2.04. The van der Waals surface area contributed by atoms with E-state index in [1.807, 2.05) is 24.3 Å². The van der Waals surface area contributed by atoms with Gasteiger partial charge in [-0.2, -0.15) is 0 Å². The molecule has 2 heterocycles. The number of aromatic amines is 1. The second-order valence-corrected chi connectivity index (χ2v) is 3.80. The van der Waals surface area contributed by atoms with Gasteiger partial charge < -0.3 is 4.74 Å². The summed E-state index contributed by atoms with van der Waals surface area (Å²) in [6, 6.07) is 7.87. The third-order valence-electron chi connectivity index (χ3n) is 2.72. The van der Waals surface area contributed by atoms with E-state index < -0.39 is 5.76 Å². The highest BCUT2D eigenvalue weighted by atomic mass is 16.5. The molecule has 0 saturated carbocycles. The number of hydrogen-bond acceptors (Lipinski definition) is 4. The minimum atomic E-state index is -0.520.